The summed E-state index contributed by atoms with van der Waals surface area (Å²) in [6.07, 6.45) is 0.734. The lowest BCUT2D eigenvalue weighted by Gasteiger charge is -2.10. The molecule has 0 fully saturated rings. The molecule has 0 aliphatic heterocycles. The number of nitrogens with zero attached hydrogens (tertiary/aromatic N) is 1. The summed E-state index contributed by atoms with van der Waals surface area (Å²) in [7, 11) is 0. The van der Waals surface area contributed by atoms with E-state index in [1.165, 1.54) is 6.07 Å². The topological polar surface area (TPSA) is 69.4 Å². The molecule has 2 aromatic carbocycles. The van der Waals surface area contributed by atoms with E-state index >= 15 is 0 Å². The van der Waals surface area contributed by atoms with Gasteiger partial charge in [-0.25, -0.2) is 0 Å². The van der Waals surface area contributed by atoms with Crippen LogP contribution >= 0.6 is 15.9 Å². The zero-order valence-electron chi connectivity index (χ0n) is 10.5. The standard InChI is InChI=1S/C14H10BrNO4/c1-9-7-10(8-17)5-6-13(9)20-14-11(15)3-2-4-12(14)16(18)19/h2-8H,1H3. The first-order valence-corrected chi connectivity index (χ1v) is 6.49. The molecule has 5 nitrogen and oxygen atoms in total. The number of halogens is 1. The number of hydrogen-bond donors (Lipinski definition) is 0. The molecule has 0 bridgehead atoms. The summed E-state index contributed by atoms with van der Waals surface area (Å²) < 4.78 is 6.12. The van der Waals surface area contributed by atoms with E-state index in [0.29, 0.717) is 15.8 Å². The smallest absolute Gasteiger partial charge is 0.312 e. The number of nitro groups is 1. The summed E-state index contributed by atoms with van der Waals surface area (Å²) in [4.78, 5) is 21.2. The fourth-order valence-corrected chi connectivity index (χ4v) is 2.15. The lowest BCUT2D eigenvalue weighted by molar-refractivity contribution is -0.385. The van der Waals surface area contributed by atoms with Crippen LogP contribution < -0.4 is 4.74 Å². The van der Waals surface area contributed by atoms with Gasteiger partial charge in [-0.1, -0.05) is 6.07 Å². The zero-order chi connectivity index (χ0) is 14.7. The monoisotopic (exact) mass is 335 g/mol. The first-order valence-electron chi connectivity index (χ1n) is 5.69. The summed E-state index contributed by atoms with van der Waals surface area (Å²) in [6, 6.07) is 9.47. The molecule has 0 heterocycles. The molecule has 0 amide bonds. The normalized spacial score (nSPS) is 10.1. The van der Waals surface area contributed by atoms with Crippen molar-refractivity contribution in [2.24, 2.45) is 0 Å². The van der Waals surface area contributed by atoms with Crippen molar-refractivity contribution in [2.75, 3.05) is 0 Å². The van der Waals surface area contributed by atoms with Gasteiger partial charge in [0.05, 0.1) is 9.40 Å². The van der Waals surface area contributed by atoms with E-state index in [-0.39, 0.29) is 11.4 Å². The molecule has 0 radical (unpaired) electrons. The van der Waals surface area contributed by atoms with Crippen LogP contribution in [0.4, 0.5) is 5.69 Å². The Kier molecular flexibility index (Phi) is 4.14. The van der Waals surface area contributed by atoms with Gasteiger partial charge in [0.25, 0.3) is 0 Å². The molecular weight excluding hydrogens is 326 g/mol. The number of ether oxygens (including phenoxy) is 1. The van der Waals surface area contributed by atoms with Crippen LogP contribution in [0, 0.1) is 17.0 Å². The van der Waals surface area contributed by atoms with Crippen molar-refractivity contribution < 1.29 is 14.5 Å². The van der Waals surface area contributed by atoms with Gasteiger partial charge in [0.1, 0.15) is 12.0 Å². The molecule has 0 aromatic heterocycles. The highest BCUT2D eigenvalue weighted by molar-refractivity contribution is 9.10. The van der Waals surface area contributed by atoms with Gasteiger partial charge >= 0.3 is 5.69 Å². The summed E-state index contributed by atoms with van der Waals surface area (Å²) in [5.74, 6) is 0.602. The highest BCUT2D eigenvalue weighted by Gasteiger charge is 2.19. The van der Waals surface area contributed by atoms with Crippen LogP contribution in [0.15, 0.2) is 40.9 Å². The third-order valence-electron chi connectivity index (χ3n) is 2.69. The Balaban J connectivity index is 2.44. The van der Waals surface area contributed by atoms with E-state index in [9.17, 15) is 14.9 Å². The highest BCUT2D eigenvalue weighted by atomic mass is 79.9. The van der Waals surface area contributed by atoms with Crippen LogP contribution in [0.25, 0.3) is 0 Å². The van der Waals surface area contributed by atoms with Crippen LogP contribution in [0.5, 0.6) is 11.5 Å². The third kappa shape index (κ3) is 2.85. The average molecular weight is 336 g/mol. The Morgan fingerprint density at radius 2 is 2.05 bits per heavy atom. The minimum Gasteiger partial charge on any atom is -0.449 e. The number of carbonyl (C=O) groups is 1. The number of para-hydroxylation sites is 1. The van der Waals surface area contributed by atoms with Crippen molar-refractivity contribution in [3.8, 4) is 11.5 Å². The Morgan fingerprint density at radius 1 is 1.30 bits per heavy atom. The van der Waals surface area contributed by atoms with Gasteiger partial charge in [0, 0.05) is 11.6 Å². The van der Waals surface area contributed by atoms with Crippen molar-refractivity contribution in [1.29, 1.82) is 0 Å². The number of aldehydes is 1. The minimum absolute atomic E-state index is 0.127. The second kappa shape index (κ2) is 5.83. The van der Waals surface area contributed by atoms with E-state index < -0.39 is 4.92 Å². The maximum absolute atomic E-state index is 11.0. The maximum Gasteiger partial charge on any atom is 0.312 e. The summed E-state index contributed by atoms with van der Waals surface area (Å²) in [5, 5.41) is 11.0. The molecule has 0 spiro atoms. The number of hydrogen-bond acceptors (Lipinski definition) is 4. The van der Waals surface area contributed by atoms with E-state index in [4.69, 9.17) is 4.74 Å². The first-order chi connectivity index (χ1) is 9.52. The SMILES string of the molecule is Cc1cc(C=O)ccc1Oc1c(Br)cccc1[N+](=O)[O-]. The molecule has 0 saturated heterocycles. The van der Waals surface area contributed by atoms with Gasteiger partial charge in [-0.3, -0.25) is 14.9 Å². The second-order valence-electron chi connectivity index (χ2n) is 4.09. The quantitative estimate of drug-likeness (QED) is 0.475. The zero-order valence-corrected chi connectivity index (χ0v) is 12.1. The van der Waals surface area contributed by atoms with E-state index in [1.807, 2.05) is 0 Å². The van der Waals surface area contributed by atoms with Gasteiger partial charge in [-0.05, 0) is 52.7 Å². The molecular formula is C14H10BrNO4. The number of benzene rings is 2. The molecule has 0 saturated carbocycles. The van der Waals surface area contributed by atoms with Crippen LogP contribution in [-0.4, -0.2) is 11.2 Å². The third-order valence-corrected chi connectivity index (χ3v) is 3.31. The number of nitro benzene ring substituents is 1. The van der Waals surface area contributed by atoms with Gasteiger partial charge in [-0.2, -0.15) is 0 Å². The van der Waals surface area contributed by atoms with Crippen molar-refractivity contribution in [3.63, 3.8) is 0 Å². The molecule has 0 aliphatic rings. The lowest BCUT2D eigenvalue weighted by Crippen LogP contribution is -1.96. The van der Waals surface area contributed by atoms with Crippen molar-refractivity contribution in [3.05, 3.63) is 62.1 Å². The Hall–Kier alpha value is -2.21. The Labute approximate surface area is 123 Å². The molecule has 0 aliphatic carbocycles. The predicted molar refractivity (Wildman–Crippen MR) is 77.4 cm³/mol. The molecule has 2 aromatic rings. The van der Waals surface area contributed by atoms with E-state index in [0.717, 1.165) is 11.8 Å². The van der Waals surface area contributed by atoms with E-state index in [1.54, 1.807) is 37.3 Å². The Morgan fingerprint density at radius 3 is 2.65 bits per heavy atom. The molecule has 6 heteroatoms. The van der Waals surface area contributed by atoms with Crippen LogP contribution in [0.2, 0.25) is 0 Å². The fourth-order valence-electron chi connectivity index (χ4n) is 1.71. The summed E-state index contributed by atoms with van der Waals surface area (Å²) in [5.41, 5.74) is 1.12. The van der Waals surface area contributed by atoms with Crippen LogP contribution in [0.1, 0.15) is 15.9 Å². The van der Waals surface area contributed by atoms with Crippen molar-refractivity contribution >= 4 is 27.9 Å². The Bertz CT molecular complexity index is 685. The van der Waals surface area contributed by atoms with Crippen LogP contribution in [0.3, 0.4) is 0 Å². The highest BCUT2D eigenvalue weighted by Crippen LogP contribution is 2.38. The largest absolute Gasteiger partial charge is 0.449 e. The summed E-state index contributed by atoms with van der Waals surface area (Å²) >= 11 is 3.24. The second-order valence-corrected chi connectivity index (χ2v) is 4.94. The molecule has 2 rings (SSSR count). The summed E-state index contributed by atoms with van der Waals surface area (Å²) in [6.45, 7) is 1.77. The first kappa shape index (κ1) is 14.2. The number of carbonyl (C=O) groups excluding carboxylic acids is 1. The van der Waals surface area contributed by atoms with Gasteiger partial charge in [0.2, 0.25) is 5.75 Å². The molecule has 0 unspecified atom stereocenters. The molecule has 20 heavy (non-hydrogen) atoms. The maximum atomic E-state index is 11.0. The number of aryl methyl sites for hydroxylation is 1. The van der Waals surface area contributed by atoms with Gasteiger partial charge in [-0.15, -0.1) is 0 Å². The molecule has 0 atom stereocenters. The van der Waals surface area contributed by atoms with Crippen molar-refractivity contribution in [1.82, 2.24) is 0 Å². The van der Waals surface area contributed by atoms with Crippen molar-refractivity contribution in [2.45, 2.75) is 6.92 Å². The molecule has 0 N–H and O–H groups in total. The van der Waals surface area contributed by atoms with Gasteiger partial charge < -0.3 is 4.74 Å². The van der Waals surface area contributed by atoms with Gasteiger partial charge in [0.15, 0.2) is 0 Å². The van der Waals surface area contributed by atoms with E-state index in [2.05, 4.69) is 15.9 Å². The fraction of sp³-hybridized carbons (Fsp3) is 0.0714. The minimum atomic E-state index is -0.505. The average Bonchev–Trinajstić information content (AvgIpc) is 2.42. The number of rotatable bonds is 4. The van der Waals surface area contributed by atoms with Crippen LogP contribution in [-0.2, 0) is 0 Å². The molecule has 102 valence electrons. The lowest BCUT2D eigenvalue weighted by atomic mass is 10.1. The predicted octanol–water partition coefficient (Wildman–Crippen LogP) is 4.27.